The molecule has 28 heavy (non-hydrogen) atoms. The third-order valence-electron chi connectivity index (χ3n) is 4.38. The number of aromatic amines is 1. The predicted molar refractivity (Wildman–Crippen MR) is 109 cm³/mol. The molecule has 0 saturated heterocycles. The average Bonchev–Trinajstić information content (AvgIpc) is 3.07. The Morgan fingerprint density at radius 3 is 2.82 bits per heavy atom. The lowest BCUT2D eigenvalue weighted by Crippen LogP contribution is -2.15. The van der Waals surface area contributed by atoms with Gasteiger partial charge >= 0.3 is 0 Å². The van der Waals surface area contributed by atoms with Gasteiger partial charge in [-0.15, -0.1) is 0 Å². The van der Waals surface area contributed by atoms with Crippen molar-refractivity contribution in [1.82, 2.24) is 14.8 Å². The van der Waals surface area contributed by atoms with Crippen molar-refractivity contribution < 1.29 is 4.79 Å². The molecule has 2 aromatic carbocycles. The largest absolute Gasteiger partial charge is 0.380 e. The molecule has 0 spiro atoms. The molecule has 7 nitrogen and oxygen atoms in total. The molecule has 1 amide bonds. The van der Waals surface area contributed by atoms with Crippen LogP contribution in [0.4, 0.5) is 11.4 Å². The van der Waals surface area contributed by atoms with E-state index in [1.54, 1.807) is 23.0 Å². The van der Waals surface area contributed by atoms with Gasteiger partial charge in [-0.2, -0.15) is 5.10 Å². The van der Waals surface area contributed by atoms with E-state index in [1.165, 1.54) is 6.07 Å². The highest BCUT2D eigenvalue weighted by Crippen LogP contribution is 2.21. The lowest BCUT2D eigenvalue weighted by Gasteiger charge is -2.12. The van der Waals surface area contributed by atoms with E-state index in [0.717, 1.165) is 16.5 Å². The fourth-order valence-electron chi connectivity index (χ4n) is 3.00. The number of nitrogens with one attached hydrogen (secondary N) is 3. The number of carbonyl (C=O) groups excluding carboxylic acids is 1. The highest BCUT2D eigenvalue weighted by Gasteiger charge is 2.12. The summed E-state index contributed by atoms with van der Waals surface area (Å²) >= 11 is 0. The van der Waals surface area contributed by atoms with Crippen LogP contribution in [0.3, 0.4) is 0 Å². The lowest BCUT2D eigenvalue weighted by atomic mass is 10.1. The van der Waals surface area contributed by atoms with Crippen LogP contribution in [0.5, 0.6) is 0 Å². The highest BCUT2D eigenvalue weighted by atomic mass is 16.1. The summed E-state index contributed by atoms with van der Waals surface area (Å²) in [7, 11) is 1.86. The van der Waals surface area contributed by atoms with Crippen LogP contribution < -0.4 is 16.2 Å². The second kappa shape index (κ2) is 7.40. The van der Waals surface area contributed by atoms with Crippen LogP contribution in [0, 0.1) is 0 Å². The Balaban J connectivity index is 1.51. The molecule has 0 saturated carbocycles. The Hall–Kier alpha value is -3.87. The Bertz CT molecular complexity index is 1190. The normalized spacial score (nSPS) is 10.8. The SMILES string of the molecule is Cn1cc2ccc(NC(=O)c3ccccc3NCc3ccc(=O)[nH]c3)cc2n1. The van der Waals surface area contributed by atoms with Gasteiger partial charge in [-0.3, -0.25) is 14.3 Å². The minimum Gasteiger partial charge on any atom is -0.380 e. The number of hydrogen-bond donors (Lipinski definition) is 3. The van der Waals surface area contributed by atoms with Gasteiger partial charge in [-0.05, 0) is 35.9 Å². The second-order valence-corrected chi connectivity index (χ2v) is 6.49. The van der Waals surface area contributed by atoms with Crippen molar-refractivity contribution >= 4 is 28.2 Å². The fourth-order valence-corrected chi connectivity index (χ4v) is 3.00. The number of hydrogen-bond acceptors (Lipinski definition) is 4. The van der Waals surface area contributed by atoms with Crippen LogP contribution >= 0.6 is 0 Å². The molecule has 0 atom stereocenters. The number of para-hydroxylation sites is 1. The first-order valence-electron chi connectivity index (χ1n) is 8.84. The van der Waals surface area contributed by atoms with E-state index in [0.29, 0.717) is 23.5 Å². The molecule has 3 N–H and O–H groups in total. The number of aromatic nitrogens is 3. The van der Waals surface area contributed by atoms with Crippen LogP contribution in [0.25, 0.3) is 10.9 Å². The smallest absolute Gasteiger partial charge is 0.257 e. The zero-order valence-electron chi connectivity index (χ0n) is 15.3. The Labute approximate surface area is 161 Å². The van der Waals surface area contributed by atoms with Gasteiger partial charge in [-0.25, -0.2) is 0 Å². The summed E-state index contributed by atoms with van der Waals surface area (Å²) in [5, 5.41) is 11.6. The van der Waals surface area contributed by atoms with Crippen LogP contribution in [-0.2, 0) is 13.6 Å². The lowest BCUT2D eigenvalue weighted by molar-refractivity contribution is 0.102. The molecule has 0 unspecified atom stereocenters. The molecule has 4 aromatic rings. The van der Waals surface area contributed by atoms with Crippen molar-refractivity contribution in [2.24, 2.45) is 7.05 Å². The summed E-state index contributed by atoms with van der Waals surface area (Å²) in [6.07, 6.45) is 3.58. The molecule has 7 heteroatoms. The van der Waals surface area contributed by atoms with Gasteiger partial charge < -0.3 is 15.6 Å². The Morgan fingerprint density at radius 2 is 2.00 bits per heavy atom. The summed E-state index contributed by atoms with van der Waals surface area (Å²) in [5.41, 5.74) is 3.53. The third kappa shape index (κ3) is 3.78. The molecule has 0 radical (unpaired) electrons. The third-order valence-corrected chi connectivity index (χ3v) is 4.38. The summed E-state index contributed by atoms with van der Waals surface area (Å²) < 4.78 is 1.74. The maximum absolute atomic E-state index is 12.8. The van der Waals surface area contributed by atoms with Gasteiger partial charge in [0.2, 0.25) is 5.56 Å². The van der Waals surface area contributed by atoms with Crippen molar-refractivity contribution in [3.63, 3.8) is 0 Å². The molecule has 2 aromatic heterocycles. The second-order valence-electron chi connectivity index (χ2n) is 6.49. The number of benzene rings is 2. The highest BCUT2D eigenvalue weighted by molar-refractivity contribution is 6.08. The number of H-pyrrole nitrogens is 1. The molecule has 140 valence electrons. The molecular weight excluding hydrogens is 354 g/mol. The van der Waals surface area contributed by atoms with Crippen molar-refractivity contribution in [1.29, 1.82) is 0 Å². The average molecular weight is 373 g/mol. The Kier molecular flexibility index (Phi) is 4.63. The monoisotopic (exact) mass is 373 g/mol. The molecule has 0 aliphatic rings. The topological polar surface area (TPSA) is 91.8 Å². The van der Waals surface area contributed by atoms with Crippen molar-refractivity contribution in [2.45, 2.75) is 6.54 Å². The van der Waals surface area contributed by atoms with Crippen molar-refractivity contribution in [2.75, 3.05) is 10.6 Å². The number of carbonyl (C=O) groups is 1. The van der Waals surface area contributed by atoms with E-state index in [9.17, 15) is 9.59 Å². The summed E-state index contributed by atoms with van der Waals surface area (Å²) in [4.78, 5) is 26.6. The van der Waals surface area contributed by atoms with E-state index in [2.05, 4.69) is 20.7 Å². The molecule has 0 aliphatic heterocycles. The molecular formula is C21H19N5O2. The standard InChI is InChI=1S/C21H19N5O2/c1-26-13-15-7-8-16(10-19(15)25-26)24-21(28)17-4-2-3-5-18(17)22-11-14-6-9-20(27)23-12-14/h2-10,12-13,22H,11H2,1H3,(H,23,27)(H,24,28). The molecule has 0 bridgehead atoms. The summed E-state index contributed by atoms with van der Waals surface area (Å²) in [6.45, 7) is 0.487. The van der Waals surface area contributed by atoms with Crippen molar-refractivity contribution in [3.05, 3.63) is 88.5 Å². The molecule has 0 aliphatic carbocycles. The van der Waals surface area contributed by atoms with E-state index in [1.807, 2.05) is 49.6 Å². The van der Waals surface area contributed by atoms with Crippen LogP contribution in [0.2, 0.25) is 0 Å². The summed E-state index contributed by atoms with van der Waals surface area (Å²) in [5.74, 6) is -0.208. The van der Waals surface area contributed by atoms with E-state index in [4.69, 9.17) is 0 Å². The number of rotatable bonds is 5. The van der Waals surface area contributed by atoms with Crippen molar-refractivity contribution in [3.8, 4) is 0 Å². The molecule has 2 heterocycles. The van der Waals surface area contributed by atoms with E-state index < -0.39 is 0 Å². The van der Waals surface area contributed by atoms with Gasteiger partial charge in [-0.1, -0.05) is 18.2 Å². The van der Waals surface area contributed by atoms with E-state index in [-0.39, 0.29) is 11.5 Å². The van der Waals surface area contributed by atoms with Crippen LogP contribution in [0.1, 0.15) is 15.9 Å². The zero-order chi connectivity index (χ0) is 19.5. The van der Waals surface area contributed by atoms with Gasteiger partial charge in [0.15, 0.2) is 0 Å². The number of fused-ring (bicyclic) bond motifs is 1. The van der Waals surface area contributed by atoms with Gasteiger partial charge in [0.1, 0.15) is 0 Å². The minimum absolute atomic E-state index is 0.145. The number of anilines is 2. The predicted octanol–water partition coefficient (Wildman–Crippen LogP) is 3.13. The first-order valence-corrected chi connectivity index (χ1v) is 8.84. The summed E-state index contributed by atoms with van der Waals surface area (Å²) in [6, 6.07) is 16.2. The number of pyridine rings is 1. The van der Waals surface area contributed by atoms with E-state index >= 15 is 0 Å². The number of amides is 1. The van der Waals surface area contributed by atoms with Gasteiger partial charge in [0.25, 0.3) is 5.91 Å². The van der Waals surface area contributed by atoms with Crippen LogP contribution in [0.15, 0.2) is 71.8 Å². The maximum Gasteiger partial charge on any atom is 0.257 e. The quantitative estimate of drug-likeness (QED) is 0.501. The van der Waals surface area contributed by atoms with Crippen LogP contribution in [-0.4, -0.2) is 20.7 Å². The molecule has 4 rings (SSSR count). The first-order chi connectivity index (χ1) is 13.6. The molecule has 0 fully saturated rings. The number of aryl methyl sites for hydroxylation is 1. The minimum atomic E-state index is -0.208. The Morgan fingerprint density at radius 1 is 1.14 bits per heavy atom. The zero-order valence-corrected chi connectivity index (χ0v) is 15.3. The maximum atomic E-state index is 12.8. The fraction of sp³-hybridized carbons (Fsp3) is 0.0952. The van der Waals surface area contributed by atoms with Gasteiger partial charge in [0, 0.05) is 48.8 Å². The van der Waals surface area contributed by atoms with Gasteiger partial charge in [0.05, 0.1) is 11.1 Å². The number of nitrogens with zero attached hydrogens (tertiary/aromatic N) is 2. The first kappa shape index (κ1) is 17.5.